The second kappa shape index (κ2) is 6.99. The molecule has 122 valence electrons. The van der Waals surface area contributed by atoms with Crippen molar-refractivity contribution >= 4 is 5.69 Å². The minimum absolute atomic E-state index is 0.104. The molecule has 2 saturated heterocycles. The third kappa shape index (κ3) is 3.80. The van der Waals surface area contributed by atoms with E-state index in [0.29, 0.717) is 0 Å². The topological polar surface area (TPSA) is 35.9 Å². The largest absolute Gasteiger partial charge is 0.393 e. The Labute approximate surface area is 133 Å². The fourth-order valence-corrected chi connectivity index (χ4v) is 3.65. The SMILES string of the molecule is CC1CN(c2ccccc2CN2CCC(O)CC2)CC(C)O1. The monoisotopic (exact) mass is 304 g/mol. The number of morpholine rings is 1. The van der Waals surface area contributed by atoms with Crippen LogP contribution in [0, 0.1) is 0 Å². The van der Waals surface area contributed by atoms with E-state index in [2.05, 4.69) is 47.9 Å². The lowest BCUT2D eigenvalue weighted by atomic mass is 10.1. The molecule has 4 heteroatoms. The number of benzene rings is 1. The summed E-state index contributed by atoms with van der Waals surface area (Å²) in [7, 11) is 0. The molecule has 2 fully saturated rings. The van der Waals surface area contributed by atoms with Gasteiger partial charge in [0.05, 0.1) is 18.3 Å². The molecule has 0 bridgehead atoms. The lowest BCUT2D eigenvalue weighted by molar-refractivity contribution is -0.00532. The van der Waals surface area contributed by atoms with Crippen LogP contribution in [0.15, 0.2) is 24.3 Å². The van der Waals surface area contributed by atoms with Crippen LogP contribution in [0.25, 0.3) is 0 Å². The van der Waals surface area contributed by atoms with E-state index in [1.807, 2.05) is 0 Å². The van der Waals surface area contributed by atoms with Crippen LogP contribution < -0.4 is 4.90 Å². The molecule has 2 aliphatic rings. The molecule has 3 rings (SSSR count). The molecular formula is C18H28N2O2. The standard InChI is InChI=1S/C18H28N2O2/c1-14-11-20(12-15(2)22-14)18-6-4-3-5-16(18)13-19-9-7-17(21)8-10-19/h3-6,14-15,17,21H,7-13H2,1-2H3. The first-order valence-corrected chi connectivity index (χ1v) is 8.50. The molecule has 0 saturated carbocycles. The van der Waals surface area contributed by atoms with Crippen molar-refractivity contribution in [2.75, 3.05) is 31.1 Å². The van der Waals surface area contributed by atoms with Crippen LogP contribution in [0.2, 0.25) is 0 Å². The van der Waals surface area contributed by atoms with E-state index in [4.69, 9.17) is 4.74 Å². The summed E-state index contributed by atoms with van der Waals surface area (Å²) >= 11 is 0. The highest BCUT2D eigenvalue weighted by Crippen LogP contribution is 2.26. The van der Waals surface area contributed by atoms with Crippen LogP contribution in [-0.2, 0) is 11.3 Å². The summed E-state index contributed by atoms with van der Waals surface area (Å²) < 4.78 is 5.86. The number of aliphatic hydroxyl groups is 1. The van der Waals surface area contributed by atoms with Crippen molar-refractivity contribution in [2.24, 2.45) is 0 Å². The molecule has 1 N–H and O–H groups in total. The van der Waals surface area contributed by atoms with Crippen LogP contribution >= 0.6 is 0 Å². The van der Waals surface area contributed by atoms with E-state index in [1.54, 1.807) is 0 Å². The minimum Gasteiger partial charge on any atom is -0.393 e. The van der Waals surface area contributed by atoms with E-state index in [1.165, 1.54) is 11.3 Å². The predicted molar refractivity (Wildman–Crippen MR) is 89.2 cm³/mol. The maximum absolute atomic E-state index is 9.66. The second-order valence-electron chi connectivity index (χ2n) is 6.80. The van der Waals surface area contributed by atoms with E-state index in [0.717, 1.165) is 45.6 Å². The first-order valence-electron chi connectivity index (χ1n) is 8.50. The lowest BCUT2D eigenvalue weighted by Gasteiger charge is -2.38. The summed E-state index contributed by atoms with van der Waals surface area (Å²) in [5.41, 5.74) is 2.73. The summed E-state index contributed by atoms with van der Waals surface area (Å²) in [6.07, 6.45) is 2.25. The smallest absolute Gasteiger partial charge is 0.0726 e. The number of aliphatic hydroxyl groups excluding tert-OH is 1. The molecule has 0 amide bonds. The zero-order valence-electron chi connectivity index (χ0n) is 13.7. The molecule has 2 unspecified atom stereocenters. The van der Waals surface area contributed by atoms with Gasteiger partial charge < -0.3 is 14.7 Å². The third-order valence-corrected chi connectivity index (χ3v) is 4.70. The fraction of sp³-hybridized carbons (Fsp3) is 0.667. The summed E-state index contributed by atoms with van der Waals surface area (Å²) in [5.74, 6) is 0. The molecule has 0 aliphatic carbocycles. The number of anilines is 1. The molecule has 1 aromatic rings. The third-order valence-electron chi connectivity index (χ3n) is 4.70. The number of hydrogen-bond acceptors (Lipinski definition) is 4. The van der Waals surface area contributed by atoms with Crippen molar-refractivity contribution in [3.8, 4) is 0 Å². The van der Waals surface area contributed by atoms with E-state index in [9.17, 15) is 5.11 Å². The van der Waals surface area contributed by atoms with Crippen molar-refractivity contribution < 1.29 is 9.84 Å². The molecule has 2 aliphatic heterocycles. The average molecular weight is 304 g/mol. The number of para-hydroxylation sites is 1. The fourth-order valence-electron chi connectivity index (χ4n) is 3.65. The van der Waals surface area contributed by atoms with E-state index >= 15 is 0 Å². The predicted octanol–water partition coefficient (Wildman–Crippen LogP) is 2.26. The molecule has 2 heterocycles. The van der Waals surface area contributed by atoms with Gasteiger partial charge in [-0.3, -0.25) is 4.90 Å². The first-order chi connectivity index (χ1) is 10.6. The molecule has 1 aromatic carbocycles. The van der Waals surface area contributed by atoms with Crippen molar-refractivity contribution in [3.05, 3.63) is 29.8 Å². The molecule has 0 aromatic heterocycles. The molecule has 0 spiro atoms. The average Bonchev–Trinajstić information content (AvgIpc) is 2.49. The number of ether oxygens (including phenoxy) is 1. The summed E-state index contributed by atoms with van der Waals surface area (Å²) in [6.45, 7) is 9.18. The van der Waals surface area contributed by atoms with Crippen LogP contribution in [0.5, 0.6) is 0 Å². The van der Waals surface area contributed by atoms with Gasteiger partial charge in [0.2, 0.25) is 0 Å². The molecule has 0 radical (unpaired) electrons. The molecule has 2 atom stereocenters. The van der Waals surface area contributed by atoms with Crippen LogP contribution in [0.1, 0.15) is 32.3 Å². The second-order valence-corrected chi connectivity index (χ2v) is 6.80. The van der Waals surface area contributed by atoms with E-state index in [-0.39, 0.29) is 18.3 Å². The first kappa shape index (κ1) is 15.8. The van der Waals surface area contributed by atoms with Gasteiger partial charge in [0, 0.05) is 38.4 Å². The van der Waals surface area contributed by atoms with Crippen LogP contribution in [0.3, 0.4) is 0 Å². The molecule has 22 heavy (non-hydrogen) atoms. The Morgan fingerprint density at radius 1 is 1.09 bits per heavy atom. The normalized spacial score (nSPS) is 28.0. The Balaban J connectivity index is 1.72. The van der Waals surface area contributed by atoms with Gasteiger partial charge >= 0.3 is 0 Å². The Morgan fingerprint density at radius 3 is 2.41 bits per heavy atom. The lowest BCUT2D eigenvalue weighted by Crippen LogP contribution is -2.46. The Bertz CT molecular complexity index is 476. The zero-order valence-corrected chi connectivity index (χ0v) is 13.7. The minimum atomic E-state index is -0.104. The number of nitrogens with zero attached hydrogens (tertiary/aromatic N) is 2. The van der Waals surface area contributed by atoms with Gasteiger partial charge in [-0.2, -0.15) is 0 Å². The maximum atomic E-state index is 9.66. The van der Waals surface area contributed by atoms with Crippen molar-refractivity contribution in [1.29, 1.82) is 0 Å². The molecular weight excluding hydrogens is 276 g/mol. The van der Waals surface area contributed by atoms with Crippen LogP contribution in [0.4, 0.5) is 5.69 Å². The Hall–Kier alpha value is -1.10. The van der Waals surface area contributed by atoms with Crippen LogP contribution in [-0.4, -0.2) is 54.5 Å². The van der Waals surface area contributed by atoms with Crippen molar-refractivity contribution in [1.82, 2.24) is 4.90 Å². The van der Waals surface area contributed by atoms with Gasteiger partial charge in [0.15, 0.2) is 0 Å². The number of piperidine rings is 1. The van der Waals surface area contributed by atoms with Gasteiger partial charge in [-0.1, -0.05) is 18.2 Å². The van der Waals surface area contributed by atoms with Gasteiger partial charge in [0.25, 0.3) is 0 Å². The van der Waals surface area contributed by atoms with Crippen molar-refractivity contribution in [2.45, 2.75) is 51.5 Å². The number of likely N-dealkylation sites (tertiary alicyclic amines) is 1. The highest BCUT2D eigenvalue weighted by atomic mass is 16.5. The van der Waals surface area contributed by atoms with E-state index < -0.39 is 0 Å². The quantitative estimate of drug-likeness (QED) is 0.929. The number of hydrogen-bond donors (Lipinski definition) is 1. The zero-order chi connectivity index (χ0) is 15.5. The molecule has 4 nitrogen and oxygen atoms in total. The van der Waals surface area contributed by atoms with Gasteiger partial charge in [-0.05, 0) is 38.3 Å². The van der Waals surface area contributed by atoms with Gasteiger partial charge in [-0.15, -0.1) is 0 Å². The maximum Gasteiger partial charge on any atom is 0.0726 e. The highest BCUT2D eigenvalue weighted by Gasteiger charge is 2.25. The number of rotatable bonds is 3. The summed E-state index contributed by atoms with van der Waals surface area (Å²) in [6, 6.07) is 8.73. The van der Waals surface area contributed by atoms with Gasteiger partial charge in [0.1, 0.15) is 0 Å². The van der Waals surface area contributed by atoms with Crippen molar-refractivity contribution in [3.63, 3.8) is 0 Å². The Kier molecular flexibility index (Phi) is 5.01. The van der Waals surface area contributed by atoms with Gasteiger partial charge in [-0.25, -0.2) is 0 Å². The highest BCUT2D eigenvalue weighted by molar-refractivity contribution is 5.54. The Morgan fingerprint density at radius 2 is 1.73 bits per heavy atom. The summed E-state index contributed by atoms with van der Waals surface area (Å²) in [5, 5.41) is 9.66. The summed E-state index contributed by atoms with van der Waals surface area (Å²) in [4.78, 5) is 4.92.